The number of hydrogen-bond donors (Lipinski definition) is 1. The fourth-order valence-corrected chi connectivity index (χ4v) is 1.72. The smallest absolute Gasteiger partial charge is 0.219 e. The van der Waals surface area contributed by atoms with E-state index in [9.17, 15) is 4.39 Å². The summed E-state index contributed by atoms with van der Waals surface area (Å²) in [5.41, 5.74) is 1.64. The highest BCUT2D eigenvalue weighted by atomic mass is 19.1. The first-order valence-electron chi connectivity index (χ1n) is 6.17. The van der Waals surface area contributed by atoms with Crippen molar-refractivity contribution in [3.63, 3.8) is 0 Å². The Morgan fingerprint density at radius 1 is 1.26 bits per heavy atom. The Morgan fingerprint density at radius 2 is 2.05 bits per heavy atom. The van der Waals surface area contributed by atoms with Gasteiger partial charge in [-0.1, -0.05) is 0 Å². The van der Waals surface area contributed by atoms with Gasteiger partial charge in [0.1, 0.15) is 11.6 Å². The predicted octanol–water partition coefficient (Wildman–Crippen LogP) is 3.60. The molecular formula is C15H17FN2O. The molecule has 0 aliphatic carbocycles. The van der Waals surface area contributed by atoms with Gasteiger partial charge in [0.15, 0.2) is 0 Å². The van der Waals surface area contributed by atoms with Gasteiger partial charge in [0.2, 0.25) is 5.88 Å². The number of ether oxygens (including phenoxy) is 1. The largest absolute Gasteiger partial charge is 0.439 e. The average molecular weight is 260 g/mol. The summed E-state index contributed by atoms with van der Waals surface area (Å²) < 4.78 is 18.8. The van der Waals surface area contributed by atoms with Crippen LogP contribution < -0.4 is 10.1 Å². The highest BCUT2D eigenvalue weighted by Crippen LogP contribution is 2.23. The van der Waals surface area contributed by atoms with E-state index in [1.165, 1.54) is 6.07 Å². The van der Waals surface area contributed by atoms with E-state index >= 15 is 0 Å². The van der Waals surface area contributed by atoms with Gasteiger partial charge in [0.05, 0.1) is 0 Å². The summed E-state index contributed by atoms with van der Waals surface area (Å²) in [7, 11) is 1.90. The molecule has 1 unspecified atom stereocenters. The van der Waals surface area contributed by atoms with E-state index in [1.807, 2.05) is 19.2 Å². The Hall–Kier alpha value is -1.94. The van der Waals surface area contributed by atoms with Crippen LogP contribution in [0.15, 0.2) is 36.5 Å². The summed E-state index contributed by atoms with van der Waals surface area (Å²) in [4.78, 5) is 4.16. The summed E-state index contributed by atoms with van der Waals surface area (Å²) in [6.45, 7) is 3.76. The van der Waals surface area contributed by atoms with Crippen LogP contribution in [0.25, 0.3) is 0 Å². The maximum absolute atomic E-state index is 13.2. The number of hydrogen-bond acceptors (Lipinski definition) is 3. The van der Waals surface area contributed by atoms with Crippen molar-refractivity contribution in [2.45, 2.75) is 19.9 Å². The standard InChI is InChI=1S/C15H17FN2O/c1-10-8-13(4-5-14(10)16)19-15-9-12(6-7-18-15)11(2)17-3/h4-9,11,17H,1-3H3. The van der Waals surface area contributed by atoms with E-state index in [0.29, 0.717) is 17.2 Å². The average Bonchev–Trinajstić information content (AvgIpc) is 2.42. The van der Waals surface area contributed by atoms with Crippen molar-refractivity contribution in [2.24, 2.45) is 0 Å². The maximum atomic E-state index is 13.2. The molecule has 3 nitrogen and oxygen atoms in total. The van der Waals surface area contributed by atoms with E-state index < -0.39 is 0 Å². The predicted molar refractivity (Wildman–Crippen MR) is 72.9 cm³/mol. The van der Waals surface area contributed by atoms with Gasteiger partial charge in [-0.25, -0.2) is 9.37 Å². The molecular weight excluding hydrogens is 243 g/mol. The van der Waals surface area contributed by atoms with E-state index in [0.717, 1.165) is 5.56 Å². The van der Waals surface area contributed by atoms with Crippen LogP contribution in [0.1, 0.15) is 24.1 Å². The normalized spacial score (nSPS) is 12.2. The van der Waals surface area contributed by atoms with Gasteiger partial charge in [-0.15, -0.1) is 0 Å². The summed E-state index contributed by atoms with van der Waals surface area (Å²) in [6, 6.07) is 8.68. The Balaban J connectivity index is 2.20. The molecule has 0 aliphatic rings. The van der Waals surface area contributed by atoms with E-state index in [-0.39, 0.29) is 11.9 Å². The van der Waals surface area contributed by atoms with Gasteiger partial charge in [0, 0.05) is 18.3 Å². The number of benzene rings is 1. The highest BCUT2D eigenvalue weighted by molar-refractivity contribution is 5.33. The number of aromatic nitrogens is 1. The van der Waals surface area contributed by atoms with Gasteiger partial charge >= 0.3 is 0 Å². The number of nitrogens with zero attached hydrogens (tertiary/aromatic N) is 1. The molecule has 2 rings (SSSR count). The summed E-state index contributed by atoms with van der Waals surface area (Å²) in [6.07, 6.45) is 1.70. The van der Waals surface area contributed by atoms with Crippen LogP contribution in [0, 0.1) is 12.7 Å². The maximum Gasteiger partial charge on any atom is 0.219 e. The first-order chi connectivity index (χ1) is 9.10. The molecule has 1 atom stereocenters. The Kier molecular flexibility index (Phi) is 4.12. The third-order valence-corrected chi connectivity index (χ3v) is 3.04. The molecule has 0 saturated carbocycles. The zero-order valence-electron chi connectivity index (χ0n) is 11.3. The molecule has 0 fully saturated rings. The molecule has 4 heteroatoms. The first kappa shape index (κ1) is 13.5. The van der Waals surface area contributed by atoms with Gasteiger partial charge in [0.25, 0.3) is 0 Å². The fourth-order valence-electron chi connectivity index (χ4n) is 1.72. The molecule has 0 bridgehead atoms. The molecule has 2 aromatic rings. The minimum atomic E-state index is -0.238. The monoisotopic (exact) mass is 260 g/mol. The summed E-state index contributed by atoms with van der Waals surface area (Å²) in [5, 5.41) is 3.16. The van der Waals surface area contributed by atoms with Gasteiger partial charge in [-0.3, -0.25) is 0 Å². The van der Waals surface area contributed by atoms with Crippen molar-refractivity contribution < 1.29 is 9.13 Å². The zero-order valence-corrected chi connectivity index (χ0v) is 11.3. The van der Waals surface area contributed by atoms with Crippen molar-refractivity contribution in [2.75, 3.05) is 7.05 Å². The number of nitrogens with one attached hydrogen (secondary N) is 1. The van der Waals surface area contributed by atoms with E-state index in [1.54, 1.807) is 25.3 Å². The molecule has 0 amide bonds. The molecule has 100 valence electrons. The number of aryl methyl sites for hydroxylation is 1. The van der Waals surface area contributed by atoms with Gasteiger partial charge in [-0.05, 0) is 56.3 Å². The molecule has 1 aromatic heterocycles. The van der Waals surface area contributed by atoms with Crippen LogP contribution in [-0.2, 0) is 0 Å². The second-order valence-corrected chi connectivity index (χ2v) is 4.45. The van der Waals surface area contributed by atoms with Gasteiger partial charge in [-0.2, -0.15) is 0 Å². The lowest BCUT2D eigenvalue weighted by Gasteiger charge is -2.12. The summed E-state index contributed by atoms with van der Waals surface area (Å²) in [5.74, 6) is 0.851. The van der Waals surface area contributed by atoms with Crippen LogP contribution in [0.2, 0.25) is 0 Å². The van der Waals surface area contributed by atoms with E-state index in [4.69, 9.17) is 4.74 Å². The number of pyridine rings is 1. The molecule has 19 heavy (non-hydrogen) atoms. The highest BCUT2D eigenvalue weighted by Gasteiger charge is 2.06. The number of halogens is 1. The second kappa shape index (κ2) is 5.80. The molecule has 0 spiro atoms. The molecule has 0 aliphatic heterocycles. The lowest BCUT2D eigenvalue weighted by atomic mass is 10.1. The topological polar surface area (TPSA) is 34.2 Å². The summed E-state index contributed by atoms with van der Waals surface area (Å²) >= 11 is 0. The SMILES string of the molecule is CNC(C)c1ccnc(Oc2ccc(F)c(C)c2)c1. The van der Waals surface area contributed by atoms with Crippen molar-refractivity contribution in [1.82, 2.24) is 10.3 Å². The number of rotatable bonds is 4. The van der Waals surface area contributed by atoms with E-state index in [2.05, 4.69) is 17.2 Å². The second-order valence-electron chi connectivity index (χ2n) is 4.45. The fraction of sp³-hybridized carbons (Fsp3) is 0.267. The van der Waals surface area contributed by atoms with Crippen molar-refractivity contribution in [1.29, 1.82) is 0 Å². The van der Waals surface area contributed by atoms with Crippen LogP contribution in [0.3, 0.4) is 0 Å². The minimum absolute atomic E-state index is 0.223. The Bertz CT molecular complexity index is 572. The van der Waals surface area contributed by atoms with Crippen LogP contribution in [0.4, 0.5) is 4.39 Å². The van der Waals surface area contributed by atoms with Crippen molar-refractivity contribution in [3.8, 4) is 11.6 Å². The lowest BCUT2D eigenvalue weighted by Crippen LogP contribution is -2.12. The van der Waals surface area contributed by atoms with Crippen molar-refractivity contribution in [3.05, 3.63) is 53.5 Å². The lowest BCUT2D eigenvalue weighted by molar-refractivity contribution is 0.458. The molecule has 1 aromatic carbocycles. The Labute approximate surface area is 112 Å². The van der Waals surface area contributed by atoms with Gasteiger partial charge < -0.3 is 10.1 Å². The quantitative estimate of drug-likeness (QED) is 0.912. The third-order valence-electron chi connectivity index (χ3n) is 3.04. The minimum Gasteiger partial charge on any atom is -0.439 e. The zero-order chi connectivity index (χ0) is 13.8. The molecule has 0 radical (unpaired) electrons. The van der Waals surface area contributed by atoms with Crippen LogP contribution in [-0.4, -0.2) is 12.0 Å². The van der Waals surface area contributed by atoms with Crippen molar-refractivity contribution >= 4 is 0 Å². The first-order valence-corrected chi connectivity index (χ1v) is 6.17. The molecule has 1 heterocycles. The molecule has 1 N–H and O–H groups in total. The van der Waals surface area contributed by atoms with Crippen LogP contribution >= 0.6 is 0 Å². The third kappa shape index (κ3) is 3.29. The van der Waals surface area contributed by atoms with Crippen LogP contribution in [0.5, 0.6) is 11.6 Å². The Morgan fingerprint density at radius 3 is 2.74 bits per heavy atom. The molecule has 0 saturated heterocycles.